The van der Waals surface area contributed by atoms with Crippen molar-refractivity contribution in [3.8, 4) is 0 Å². The first-order valence-electron chi connectivity index (χ1n) is 8.30. The monoisotopic (exact) mass is 289 g/mol. The summed E-state index contributed by atoms with van der Waals surface area (Å²) in [5.74, 6) is -1.02. The van der Waals surface area contributed by atoms with Crippen LogP contribution in [0.5, 0.6) is 0 Å². The molecule has 0 saturated heterocycles. The second-order valence-electron chi connectivity index (χ2n) is 5.99. The Bertz CT molecular complexity index is 458. The number of carboxylic acid groups (broad SMARTS) is 1. The highest BCUT2D eigenvalue weighted by molar-refractivity contribution is 5.80. The van der Waals surface area contributed by atoms with Crippen molar-refractivity contribution in [2.45, 2.75) is 57.8 Å². The summed E-state index contributed by atoms with van der Waals surface area (Å²) in [6, 6.07) is 8.00. The molecule has 3 heteroatoms. The Hall–Kier alpha value is -1.51. The van der Waals surface area contributed by atoms with Crippen LogP contribution in [0.15, 0.2) is 24.3 Å². The number of para-hydroxylation sites is 1. The van der Waals surface area contributed by atoms with Crippen molar-refractivity contribution in [2.24, 2.45) is 0 Å². The van der Waals surface area contributed by atoms with Gasteiger partial charge in [-0.1, -0.05) is 57.2 Å². The molecule has 21 heavy (non-hydrogen) atoms. The first-order valence-corrected chi connectivity index (χ1v) is 8.30. The van der Waals surface area contributed by atoms with Gasteiger partial charge in [-0.15, -0.1) is 0 Å². The first-order chi connectivity index (χ1) is 10.2. The highest BCUT2D eigenvalue weighted by Crippen LogP contribution is 2.35. The lowest BCUT2D eigenvalue weighted by Crippen LogP contribution is -2.34. The average Bonchev–Trinajstić information content (AvgIpc) is 2.50. The second kappa shape index (κ2) is 8.06. The smallest absolute Gasteiger partial charge is 0.311 e. The fourth-order valence-electron chi connectivity index (χ4n) is 3.20. The molecule has 0 amide bonds. The van der Waals surface area contributed by atoms with Crippen molar-refractivity contribution in [3.63, 3.8) is 0 Å². The number of benzene rings is 1. The number of hydrogen-bond acceptors (Lipinski definition) is 2. The van der Waals surface area contributed by atoms with Crippen LogP contribution in [-0.2, 0) is 4.79 Å². The van der Waals surface area contributed by atoms with Gasteiger partial charge in [0.05, 0.1) is 5.92 Å². The van der Waals surface area contributed by atoms with Gasteiger partial charge < -0.3 is 10.0 Å². The SMILES string of the molecule is CCCCCCCCN1CCC(C(=O)O)c2ccccc21. The number of anilines is 1. The van der Waals surface area contributed by atoms with Gasteiger partial charge in [-0.25, -0.2) is 0 Å². The molecule has 0 aromatic heterocycles. The minimum atomic E-state index is -0.693. The van der Waals surface area contributed by atoms with Crippen molar-refractivity contribution in [3.05, 3.63) is 29.8 Å². The Labute approximate surface area is 128 Å². The largest absolute Gasteiger partial charge is 0.481 e. The molecule has 1 aromatic rings. The highest BCUT2D eigenvalue weighted by atomic mass is 16.4. The van der Waals surface area contributed by atoms with Gasteiger partial charge in [0.15, 0.2) is 0 Å². The van der Waals surface area contributed by atoms with E-state index in [2.05, 4.69) is 17.9 Å². The number of carboxylic acids is 1. The fraction of sp³-hybridized carbons (Fsp3) is 0.611. The molecule has 0 saturated carbocycles. The summed E-state index contributed by atoms with van der Waals surface area (Å²) < 4.78 is 0. The van der Waals surface area contributed by atoms with E-state index in [4.69, 9.17) is 0 Å². The van der Waals surface area contributed by atoms with Crippen LogP contribution in [0, 0.1) is 0 Å². The van der Waals surface area contributed by atoms with E-state index in [0.29, 0.717) is 0 Å². The minimum Gasteiger partial charge on any atom is -0.481 e. The van der Waals surface area contributed by atoms with Crippen LogP contribution in [0.1, 0.15) is 63.4 Å². The molecule has 116 valence electrons. The summed E-state index contributed by atoms with van der Waals surface area (Å²) in [4.78, 5) is 13.7. The molecule has 0 bridgehead atoms. The first kappa shape index (κ1) is 15.9. The summed E-state index contributed by atoms with van der Waals surface area (Å²) in [6.07, 6.45) is 8.50. The number of nitrogens with zero attached hydrogens (tertiary/aromatic N) is 1. The molecule has 0 spiro atoms. The number of hydrogen-bond donors (Lipinski definition) is 1. The van der Waals surface area contributed by atoms with Gasteiger partial charge in [-0.05, 0) is 24.5 Å². The Morgan fingerprint density at radius 2 is 1.90 bits per heavy atom. The number of aliphatic carboxylic acids is 1. The normalized spacial score (nSPS) is 17.6. The van der Waals surface area contributed by atoms with Crippen LogP contribution in [0.4, 0.5) is 5.69 Å². The van der Waals surface area contributed by atoms with E-state index in [9.17, 15) is 9.90 Å². The van der Waals surface area contributed by atoms with Gasteiger partial charge in [-0.3, -0.25) is 4.79 Å². The van der Waals surface area contributed by atoms with Crippen molar-refractivity contribution < 1.29 is 9.90 Å². The van der Waals surface area contributed by atoms with Crippen LogP contribution >= 0.6 is 0 Å². The lowest BCUT2D eigenvalue weighted by atomic mass is 9.90. The molecule has 2 rings (SSSR count). The topological polar surface area (TPSA) is 40.5 Å². The minimum absolute atomic E-state index is 0.331. The summed E-state index contributed by atoms with van der Waals surface area (Å²) >= 11 is 0. The molecule has 1 N–H and O–H groups in total. The molecular weight excluding hydrogens is 262 g/mol. The van der Waals surface area contributed by atoms with Gasteiger partial charge >= 0.3 is 5.97 Å². The number of rotatable bonds is 8. The summed E-state index contributed by atoms with van der Waals surface area (Å²) in [5, 5.41) is 9.35. The summed E-state index contributed by atoms with van der Waals surface area (Å²) in [6.45, 7) is 4.15. The lowest BCUT2D eigenvalue weighted by molar-refractivity contribution is -0.139. The van der Waals surface area contributed by atoms with Crippen LogP contribution in [0.2, 0.25) is 0 Å². The molecular formula is C18H27NO2. The van der Waals surface area contributed by atoms with Crippen LogP contribution in [0.3, 0.4) is 0 Å². The Kier molecular flexibility index (Phi) is 6.09. The lowest BCUT2D eigenvalue weighted by Gasteiger charge is -2.34. The third-order valence-electron chi connectivity index (χ3n) is 4.42. The van der Waals surface area contributed by atoms with Crippen LogP contribution in [-0.4, -0.2) is 24.2 Å². The molecule has 3 nitrogen and oxygen atoms in total. The van der Waals surface area contributed by atoms with E-state index in [1.807, 2.05) is 18.2 Å². The van der Waals surface area contributed by atoms with Crippen molar-refractivity contribution >= 4 is 11.7 Å². The molecule has 1 aromatic carbocycles. The molecule has 1 unspecified atom stereocenters. The Morgan fingerprint density at radius 1 is 1.19 bits per heavy atom. The zero-order chi connectivity index (χ0) is 15.1. The van der Waals surface area contributed by atoms with E-state index in [1.54, 1.807) is 0 Å². The van der Waals surface area contributed by atoms with Crippen molar-refractivity contribution in [2.75, 3.05) is 18.0 Å². The third-order valence-corrected chi connectivity index (χ3v) is 4.42. The molecule has 0 aliphatic carbocycles. The molecule has 1 atom stereocenters. The van der Waals surface area contributed by atoms with Crippen molar-refractivity contribution in [1.29, 1.82) is 0 Å². The summed E-state index contributed by atoms with van der Waals surface area (Å²) in [7, 11) is 0. The highest BCUT2D eigenvalue weighted by Gasteiger charge is 2.29. The molecule has 0 fully saturated rings. The summed E-state index contributed by atoms with van der Waals surface area (Å²) in [5.41, 5.74) is 2.12. The van der Waals surface area contributed by atoms with Crippen molar-refractivity contribution in [1.82, 2.24) is 0 Å². The van der Waals surface area contributed by atoms with Gasteiger partial charge in [0.2, 0.25) is 0 Å². The Morgan fingerprint density at radius 3 is 2.67 bits per heavy atom. The van der Waals surface area contributed by atoms with E-state index < -0.39 is 5.97 Å². The predicted octanol–water partition coefficient (Wildman–Crippen LogP) is 4.43. The molecule has 0 radical (unpaired) electrons. The van der Waals surface area contributed by atoms with E-state index in [-0.39, 0.29) is 5.92 Å². The second-order valence-corrected chi connectivity index (χ2v) is 5.99. The third kappa shape index (κ3) is 4.23. The zero-order valence-electron chi connectivity index (χ0n) is 13.1. The van der Waals surface area contributed by atoms with E-state index >= 15 is 0 Å². The number of unbranched alkanes of at least 4 members (excludes halogenated alkanes) is 5. The van der Waals surface area contributed by atoms with Crippen LogP contribution < -0.4 is 4.90 Å². The van der Waals surface area contributed by atoms with Gasteiger partial charge in [0.25, 0.3) is 0 Å². The quantitative estimate of drug-likeness (QED) is 0.720. The number of fused-ring (bicyclic) bond motifs is 1. The van der Waals surface area contributed by atoms with Gasteiger partial charge in [0, 0.05) is 18.8 Å². The van der Waals surface area contributed by atoms with Crippen LogP contribution in [0.25, 0.3) is 0 Å². The predicted molar refractivity (Wildman–Crippen MR) is 87.0 cm³/mol. The Balaban J connectivity index is 1.90. The maximum absolute atomic E-state index is 11.4. The number of carbonyl (C=O) groups is 1. The zero-order valence-corrected chi connectivity index (χ0v) is 13.1. The fourth-order valence-corrected chi connectivity index (χ4v) is 3.20. The standard InChI is InChI=1S/C18H27NO2/c1-2-3-4-5-6-9-13-19-14-12-16(18(20)21)15-10-7-8-11-17(15)19/h7-8,10-11,16H,2-6,9,12-14H2,1H3,(H,20,21). The van der Waals surface area contributed by atoms with E-state index in [1.165, 1.54) is 38.5 Å². The van der Waals surface area contributed by atoms with Gasteiger partial charge in [0.1, 0.15) is 0 Å². The molecule has 1 heterocycles. The maximum atomic E-state index is 11.4. The molecule has 1 aliphatic heterocycles. The maximum Gasteiger partial charge on any atom is 0.311 e. The van der Waals surface area contributed by atoms with Gasteiger partial charge in [-0.2, -0.15) is 0 Å². The van der Waals surface area contributed by atoms with E-state index in [0.717, 1.165) is 30.8 Å². The average molecular weight is 289 g/mol. The molecule has 1 aliphatic rings.